The number of nitrogens with one attached hydrogen (secondary N) is 2. The first kappa shape index (κ1) is 19.8. The molecule has 1 aromatic carbocycles. The molecule has 0 spiro atoms. The van der Waals surface area contributed by atoms with Crippen LogP contribution >= 0.6 is 0 Å². The summed E-state index contributed by atoms with van der Waals surface area (Å²) in [4.78, 5) is 22.2. The Hall–Kier alpha value is -2.24. The minimum atomic E-state index is -0.503. The first-order valence-corrected chi connectivity index (χ1v) is 8.53. The Kier molecular flexibility index (Phi) is 9.34. The second kappa shape index (κ2) is 11.3. The second-order valence-electron chi connectivity index (χ2n) is 6.01. The van der Waals surface area contributed by atoms with E-state index in [4.69, 9.17) is 10.5 Å². The number of benzene rings is 1. The van der Waals surface area contributed by atoms with Crippen LogP contribution in [-0.2, 0) is 11.2 Å². The van der Waals surface area contributed by atoms with Gasteiger partial charge in [-0.05, 0) is 50.8 Å². The number of primary amides is 1. The number of hydrogen-bond acceptors (Lipinski definition) is 3. The number of ether oxygens (including phenoxy) is 1. The molecule has 0 aliphatic rings. The average molecular weight is 335 g/mol. The molecule has 0 radical (unpaired) electrons. The molecule has 1 aromatic rings. The summed E-state index contributed by atoms with van der Waals surface area (Å²) in [7, 11) is 0. The van der Waals surface area contributed by atoms with Crippen molar-refractivity contribution < 1.29 is 14.3 Å². The van der Waals surface area contributed by atoms with E-state index in [1.165, 1.54) is 5.56 Å². The van der Waals surface area contributed by atoms with Gasteiger partial charge in [-0.3, -0.25) is 4.79 Å². The van der Waals surface area contributed by atoms with Crippen LogP contribution in [0.25, 0.3) is 0 Å². The van der Waals surface area contributed by atoms with Crippen molar-refractivity contribution >= 4 is 11.9 Å². The van der Waals surface area contributed by atoms with E-state index in [-0.39, 0.29) is 12.0 Å². The summed E-state index contributed by atoms with van der Waals surface area (Å²) >= 11 is 0. The summed E-state index contributed by atoms with van der Waals surface area (Å²) in [6.07, 6.45) is 4.02. The number of rotatable bonds is 11. The summed E-state index contributed by atoms with van der Waals surface area (Å²) in [5, 5.41) is 5.46. The molecule has 4 N–H and O–H groups in total. The monoisotopic (exact) mass is 335 g/mol. The van der Waals surface area contributed by atoms with Crippen LogP contribution in [0.3, 0.4) is 0 Å². The number of amides is 3. The summed E-state index contributed by atoms with van der Waals surface area (Å²) in [6.45, 7) is 5.19. The first-order chi connectivity index (χ1) is 11.5. The molecule has 0 heterocycles. The third kappa shape index (κ3) is 9.71. The van der Waals surface area contributed by atoms with Crippen LogP contribution in [0.15, 0.2) is 24.3 Å². The van der Waals surface area contributed by atoms with Crippen LogP contribution in [0, 0.1) is 0 Å². The number of nitrogens with two attached hydrogens (primary N) is 1. The van der Waals surface area contributed by atoms with Crippen LogP contribution in [0.5, 0.6) is 5.75 Å². The normalized spacial score (nSPS) is 10.5. The Bertz CT molecular complexity index is 501. The molecule has 0 aliphatic carbocycles. The van der Waals surface area contributed by atoms with Crippen molar-refractivity contribution in [2.45, 2.75) is 52.1 Å². The fraction of sp³-hybridized carbons (Fsp3) is 0.556. The highest BCUT2D eigenvalue weighted by Crippen LogP contribution is 2.13. The maximum Gasteiger partial charge on any atom is 0.312 e. The van der Waals surface area contributed by atoms with Crippen molar-refractivity contribution in [1.82, 2.24) is 10.6 Å². The number of carbonyl (C=O) groups excluding carboxylic acids is 2. The summed E-state index contributed by atoms with van der Waals surface area (Å²) in [5.74, 6) is 0.932. The van der Waals surface area contributed by atoms with Gasteiger partial charge < -0.3 is 21.1 Å². The van der Waals surface area contributed by atoms with E-state index in [1.54, 1.807) is 0 Å². The van der Waals surface area contributed by atoms with Gasteiger partial charge in [-0.2, -0.15) is 0 Å². The van der Waals surface area contributed by atoms with Gasteiger partial charge >= 0.3 is 6.03 Å². The predicted molar refractivity (Wildman–Crippen MR) is 95.0 cm³/mol. The molecule has 0 unspecified atom stereocenters. The molecule has 6 heteroatoms. The highest BCUT2D eigenvalue weighted by Gasteiger charge is 2.02. The molecule has 3 amide bonds. The van der Waals surface area contributed by atoms with Crippen LogP contribution in [0.2, 0.25) is 0 Å². The minimum Gasteiger partial charge on any atom is -0.491 e. The fourth-order valence-corrected chi connectivity index (χ4v) is 2.24. The highest BCUT2D eigenvalue weighted by atomic mass is 16.5. The van der Waals surface area contributed by atoms with Gasteiger partial charge in [-0.25, -0.2) is 4.79 Å². The molecule has 134 valence electrons. The third-order valence-corrected chi connectivity index (χ3v) is 3.41. The van der Waals surface area contributed by atoms with E-state index in [0.29, 0.717) is 19.5 Å². The summed E-state index contributed by atoms with van der Waals surface area (Å²) in [5.41, 5.74) is 6.14. The minimum absolute atomic E-state index is 0.0672. The number of urea groups is 1. The molecule has 0 saturated heterocycles. The molecule has 6 nitrogen and oxygen atoms in total. The van der Waals surface area contributed by atoms with E-state index in [1.807, 2.05) is 38.1 Å². The number of unbranched alkanes of at least 4 members (excludes halogenated alkanes) is 2. The third-order valence-electron chi connectivity index (χ3n) is 3.41. The Balaban J connectivity index is 2.09. The van der Waals surface area contributed by atoms with Gasteiger partial charge in [0, 0.05) is 19.5 Å². The molecule has 0 saturated carbocycles. The van der Waals surface area contributed by atoms with Gasteiger partial charge in [0.2, 0.25) is 5.91 Å². The van der Waals surface area contributed by atoms with Crippen LogP contribution in [0.4, 0.5) is 4.79 Å². The Morgan fingerprint density at radius 3 is 2.38 bits per heavy atom. The summed E-state index contributed by atoms with van der Waals surface area (Å²) < 4.78 is 5.60. The SMILES string of the molecule is CC(C)Oc1ccc(CCNC(=O)CCCCCNC(N)=O)cc1. The van der Waals surface area contributed by atoms with E-state index >= 15 is 0 Å². The maximum atomic E-state index is 11.7. The predicted octanol–water partition coefficient (Wildman–Crippen LogP) is 2.36. The fourth-order valence-electron chi connectivity index (χ4n) is 2.24. The molecular formula is C18H29N3O3. The lowest BCUT2D eigenvalue weighted by atomic mass is 10.1. The van der Waals surface area contributed by atoms with E-state index in [0.717, 1.165) is 31.4 Å². The largest absolute Gasteiger partial charge is 0.491 e. The lowest BCUT2D eigenvalue weighted by Crippen LogP contribution is -2.30. The second-order valence-corrected chi connectivity index (χ2v) is 6.01. The quantitative estimate of drug-likeness (QED) is 0.542. The molecule has 24 heavy (non-hydrogen) atoms. The van der Waals surface area contributed by atoms with Crippen LogP contribution in [-0.4, -0.2) is 31.1 Å². The zero-order chi connectivity index (χ0) is 17.8. The molecular weight excluding hydrogens is 306 g/mol. The van der Waals surface area contributed by atoms with Crippen molar-refractivity contribution in [3.05, 3.63) is 29.8 Å². The van der Waals surface area contributed by atoms with Crippen molar-refractivity contribution in [3.8, 4) is 5.75 Å². The Morgan fingerprint density at radius 2 is 1.75 bits per heavy atom. The van der Waals surface area contributed by atoms with Crippen LogP contribution in [0.1, 0.15) is 45.1 Å². The maximum absolute atomic E-state index is 11.7. The Labute approximate surface area is 144 Å². The number of carbonyl (C=O) groups is 2. The molecule has 1 rings (SSSR count). The average Bonchev–Trinajstić information content (AvgIpc) is 2.51. The lowest BCUT2D eigenvalue weighted by molar-refractivity contribution is -0.121. The highest BCUT2D eigenvalue weighted by molar-refractivity contribution is 5.75. The number of hydrogen-bond donors (Lipinski definition) is 3. The van der Waals surface area contributed by atoms with Crippen LogP contribution < -0.4 is 21.1 Å². The smallest absolute Gasteiger partial charge is 0.312 e. The van der Waals surface area contributed by atoms with Gasteiger partial charge in [0.25, 0.3) is 0 Å². The zero-order valence-electron chi connectivity index (χ0n) is 14.6. The first-order valence-electron chi connectivity index (χ1n) is 8.53. The van der Waals surface area contributed by atoms with E-state index in [2.05, 4.69) is 10.6 Å². The van der Waals surface area contributed by atoms with Gasteiger partial charge in [-0.15, -0.1) is 0 Å². The topological polar surface area (TPSA) is 93.4 Å². The summed E-state index contributed by atoms with van der Waals surface area (Å²) in [6, 6.07) is 7.45. The van der Waals surface area contributed by atoms with Crippen molar-refractivity contribution in [3.63, 3.8) is 0 Å². The zero-order valence-corrected chi connectivity index (χ0v) is 14.6. The van der Waals surface area contributed by atoms with E-state index in [9.17, 15) is 9.59 Å². The van der Waals surface area contributed by atoms with Crippen molar-refractivity contribution in [2.24, 2.45) is 5.73 Å². The lowest BCUT2D eigenvalue weighted by Gasteiger charge is -2.10. The van der Waals surface area contributed by atoms with Gasteiger partial charge in [0.1, 0.15) is 5.75 Å². The van der Waals surface area contributed by atoms with Gasteiger partial charge in [0.15, 0.2) is 0 Å². The molecule has 0 bridgehead atoms. The van der Waals surface area contributed by atoms with Crippen molar-refractivity contribution in [1.29, 1.82) is 0 Å². The van der Waals surface area contributed by atoms with Gasteiger partial charge in [-0.1, -0.05) is 18.6 Å². The molecule has 0 fully saturated rings. The van der Waals surface area contributed by atoms with Crippen molar-refractivity contribution in [2.75, 3.05) is 13.1 Å². The Morgan fingerprint density at radius 1 is 1.04 bits per heavy atom. The molecule has 0 atom stereocenters. The molecule has 0 aliphatic heterocycles. The standard InChI is InChI=1S/C18H29N3O3/c1-14(2)24-16-9-7-15(8-10-16)11-13-20-17(22)6-4-3-5-12-21-18(19)23/h7-10,14H,3-6,11-13H2,1-2H3,(H,20,22)(H3,19,21,23). The van der Waals surface area contributed by atoms with E-state index < -0.39 is 6.03 Å². The molecule has 0 aromatic heterocycles. The van der Waals surface area contributed by atoms with Gasteiger partial charge in [0.05, 0.1) is 6.10 Å².